The Kier molecular flexibility index (Phi) is 18.6. The Balaban J connectivity index is 0.00000403. The van der Waals surface area contributed by atoms with Crippen LogP contribution >= 0.6 is 23.4 Å². The lowest BCUT2D eigenvalue weighted by atomic mass is 9.93. The minimum absolute atomic E-state index is 0. The first-order valence-corrected chi connectivity index (χ1v) is 22.4. The van der Waals surface area contributed by atoms with E-state index in [-0.39, 0.29) is 46.8 Å². The summed E-state index contributed by atoms with van der Waals surface area (Å²) in [6.07, 6.45) is -9.49. The Bertz CT molecular complexity index is 2690. The van der Waals surface area contributed by atoms with Gasteiger partial charge in [0, 0.05) is 42.6 Å². The zero-order valence-electron chi connectivity index (χ0n) is 36.0. The van der Waals surface area contributed by atoms with Gasteiger partial charge in [0.25, 0.3) is 5.92 Å². The molecule has 4 aromatic rings. The van der Waals surface area contributed by atoms with E-state index < -0.39 is 129 Å². The molecule has 12 nitrogen and oxygen atoms in total. The minimum atomic E-state index is -5.24. The fourth-order valence-electron chi connectivity index (χ4n) is 6.94. The standard InChI is InChI=1S/C41H36ClF10N7O4S2.CH4O.CH4/c1-20-16-39(45,46)36(31(20)35(53)41(50,51)52)54-17-29(61)56-28(14-21-12-22(43)15-23(44)13-21)33-25(7-6-24(55-33)10-11-38(2,3)64-4)26-8-9-27(42)32-34(26)58(19-40(47,48)49)57-37(32)59(65(5)63)30(62)18-60;1-2;/h6-9,12-13,15,18,20,28H,14,16-17,19,53H2,1-5H3,(H,56,61);2H,1H3;1H4/b35-31-,54-36?;;/t20-,28?,65?;;/m0../s1. The average Bonchev–Trinajstić information content (AvgIpc) is 3.69. The number of nitrogens with one attached hydrogen (secondary N) is 1. The summed E-state index contributed by atoms with van der Waals surface area (Å²) in [5, 5.41) is 12.6. The van der Waals surface area contributed by atoms with Crippen LogP contribution in [-0.4, -0.2) is 97.1 Å². The number of aliphatic imine (C=N–C) groups is 1. The maximum absolute atomic E-state index is 15.2. The summed E-state index contributed by atoms with van der Waals surface area (Å²) in [6, 6.07) is 5.68. The molecule has 0 spiro atoms. The van der Waals surface area contributed by atoms with E-state index in [1.807, 2.05) is 0 Å². The van der Waals surface area contributed by atoms with E-state index in [9.17, 15) is 53.7 Å². The van der Waals surface area contributed by atoms with Crippen LogP contribution in [0, 0.1) is 29.4 Å². The third-order valence-corrected chi connectivity index (χ3v) is 12.1. The highest BCUT2D eigenvalue weighted by Crippen LogP contribution is 2.45. The van der Waals surface area contributed by atoms with Gasteiger partial charge in [-0.2, -0.15) is 40.2 Å². The second kappa shape index (κ2) is 22.3. The molecule has 1 aliphatic carbocycles. The van der Waals surface area contributed by atoms with Crippen molar-refractivity contribution < 1.29 is 67.6 Å². The van der Waals surface area contributed by atoms with Crippen LogP contribution < -0.4 is 15.4 Å². The van der Waals surface area contributed by atoms with Crippen LogP contribution in [0.25, 0.3) is 22.0 Å². The van der Waals surface area contributed by atoms with Crippen LogP contribution in [0.4, 0.5) is 49.7 Å². The smallest absolute Gasteiger partial charge is 0.400 e. The van der Waals surface area contributed by atoms with Gasteiger partial charge in [-0.1, -0.05) is 37.9 Å². The van der Waals surface area contributed by atoms with E-state index >= 15 is 8.78 Å². The predicted octanol–water partition coefficient (Wildman–Crippen LogP) is 8.45. The van der Waals surface area contributed by atoms with Crippen molar-refractivity contribution in [1.82, 2.24) is 20.1 Å². The van der Waals surface area contributed by atoms with E-state index in [2.05, 4.69) is 32.2 Å². The van der Waals surface area contributed by atoms with Gasteiger partial charge in [0.05, 0.1) is 32.4 Å². The molecule has 2 aromatic carbocycles. The lowest BCUT2D eigenvalue weighted by molar-refractivity contribution is -0.141. The quantitative estimate of drug-likeness (QED) is 0.0545. The summed E-state index contributed by atoms with van der Waals surface area (Å²) in [6.45, 7) is 1.50. The van der Waals surface area contributed by atoms with Gasteiger partial charge in [-0.3, -0.25) is 24.1 Å². The Morgan fingerprint density at radius 2 is 1.71 bits per heavy atom. The van der Waals surface area contributed by atoms with Crippen LogP contribution in [0.3, 0.4) is 0 Å². The van der Waals surface area contributed by atoms with Crippen molar-refractivity contribution in [1.29, 1.82) is 0 Å². The number of nitrogens with zero attached hydrogens (tertiary/aromatic N) is 5. The number of amides is 2. The van der Waals surface area contributed by atoms with Gasteiger partial charge in [0.1, 0.15) is 52.8 Å². The Hall–Kier alpha value is -5.51. The van der Waals surface area contributed by atoms with Gasteiger partial charge in [0.2, 0.25) is 12.2 Å². The number of aliphatic hydroxyl groups excluding tert-OH is 1. The number of fused-ring (bicyclic) bond motifs is 1. The van der Waals surface area contributed by atoms with Crippen molar-refractivity contribution in [3.8, 4) is 23.0 Å². The molecule has 2 heterocycles. The molecule has 1 fully saturated rings. The molecular formula is C43H44ClF10N7O5S2. The van der Waals surface area contributed by atoms with Crippen molar-refractivity contribution in [2.24, 2.45) is 16.6 Å². The molecule has 1 aliphatic rings. The number of carbonyl (C=O) groups excluding carboxylic acids is 3. The first-order valence-electron chi connectivity index (χ1n) is 19.2. The number of carbonyl (C=O) groups is 3. The maximum Gasteiger partial charge on any atom is 0.431 e. The molecular weight excluding hydrogens is 984 g/mol. The minimum Gasteiger partial charge on any atom is -0.400 e. The molecule has 2 unspecified atom stereocenters. The molecule has 2 aromatic heterocycles. The van der Waals surface area contributed by atoms with E-state index in [4.69, 9.17) is 22.4 Å². The third kappa shape index (κ3) is 13.4. The predicted molar refractivity (Wildman–Crippen MR) is 240 cm³/mol. The topological polar surface area (TPSA) is 173 Å². The number of aliphatic hydroxyl groups is 1. The summed E-state index contributed by atoms with van der Waals surface area (Å²) < 4.78 is 156. The highest BCUT2D eigenvalue weighted by Gasteiger charge is 2.52. The van der Waals surface area contributed by atoms with Gasteiger partial charge in [-0.15, -0.1) is 11.8 Å². The summed E-state index contributed by atoms with van der Waals surface area (Å²) in [5.41, 5.74) is -0.270. The van der Waals surface area contributed by atoms with Gasteiger partial charge in [0.15, 0.2) is 5.82 Å². The number of nitrogens with two attached hydrogens (primary N) is 1. The molecule has 4 N–H and O–H groups in total. The number of anilines is 1. The van der Waals surface area contributed by atoms with Crippen molar-refractivity contribution in [3.63, 3.8) is 0 Å². The molecule has 68 heavy (non-hydrogen) atoms. The number of aldehydes is 1. The highest BCUT2D eigenvalue weighted by atomic mass is 35.5. The summed E-state index contributed by atoms with van der Waals surface area (Å²) in [7, 11) is -1.41. The normalized spacial score (nSPS) is 17.0. The number of thioether (sulfide) groups is 1. The van der Waals surface area contributed by atoms with Crippen LogP contribution in [0.2, 0.25) is 5.02 Å². The van der Waals surface area contributed by atoms with Gasteiger partial charge in [-0.25, -0.2) is 22.3 Å². The van der Waals surface area contributed by atoms with E-state index in [0.29, 0.717) is 15.1 Å². The van der Waals surface area contributed by atoms with E-state index in [1.54, 1.807) is 20.1 Å². The number of alkyl halides is 8. The SMILES string of the molecule is C.CO.CSC(C)(C)C#Cc1ccc(-c2ccc(Cl)c3c(N(C(=O)C=O)S(C)=O)nn(CC(F)(F)F)c23)c(C(Cc2cc(F)cc(F)c2)NC(=O)CN=C2/C(=C(\N)C(F)(F)F)[C@@H](C)CC2(F)F)n1. The number of rotatable bonds is 12. The van der Waals surface area contributed by atoms with E-state index in [1.165, 1.54) is 30.0 Å². The van der Waals surface area contributed by atoms with Crippen LogP contribution in [0.15, 0.2) is 58.7 Å². The monoisotopic (exact) mass is 1030 g/mol. The Morgan fingerprint density at radius 1 is 1.10 bits per heavy atom. The molecule has 3 atom stereocenters. The first-order chi connectivity index (χ1) is 31.1. The number of benzene rings is 2. The van der Waals surface area contributed by atoms with Gasteiger partial charge >= 0.3 is 18.3 Å². The zero-order chi connectivity index (χ0) is 50.6. The lowest BCUT2D eigenvalue weighted by Crippen LogP contribution is -2.34. The largest absolute Gasteiger partial charge is 0.431 e. The van der Waals surface area contributed by atoms with Crippen molar-refractivity contribution in [2.45, 2.75) is 76.6 Å². The van der Waals surface area contributed by atoms with E-state index in [0.717, 1.165) is 38.5 Å². The molecule has 370 valence electrons. The van der Waals surface area contributed by atoms with Crippen molar-refractivity contribution >= 4 is 74.9 Å². The number of allylic oxidation sites excluding steroid dienone is 2. The molecule has 0 radical (unpaired) electrons. The molecule has 0 bridgehead atoms. The van der Waals surface area contributed by atoms with Gasteiger partial charge in [-0.05, 0) is 74.3 Å². The van der Waals surface area contributed by atoms with Crippen LogP contribution in [0.5, 0.6) is 0 Å². The average molecular weight is 1030 g/mol. The lowest BCUT2D eigenvalue weighted by Gasteiger charge is -2.23. The number of aromatic nitrogens is 3. The highest BCUT2D eigenvalue weighted by molar-refractivity contribution is 8.00. The molecule has 25 heteroatoms. The number of hydrogen-bond donors (Lipinski definition) is 3. The molecule has 0 saturated heterocycles. The second-order valence-electron chi connectivity index (χ2n) is 15.1. The summed E-state index contributed by atoms with van der Waals surface area (Å²) >= 11 is 7.90. The fraction of sp³-hybridized carbons (Fsp3) is 0.395. The number of hydrogen-bond acceptors (Lipinski definition) is 10. The van der Waals surface area contributed by atoms with Gasteiger partial charge < -0.3 is 16.2 Å². The number of pyridine rings is 1. The molecule has 1 saturated carbocycles. The van der Waals surface area contributed by atoms with Crippen molar-refractivity contribution in [2.75, 3.05) is 30.5 Å². The first kappa shape index (κ1) is 56.8. The molecule has 2 amide bonds. The van der Waals surface area contributed by atoms with Crippen LogP contribution in [-0.2, 0) is 38.3 Å². The Labute approximate surface area is 395 Å². The summed E-state index contributed by atoms with van der Waals surface area (Å²) in [4.78, 5) is 46.4. The van der Waals surface area contributed by atoms with Crippen molar-refractivity contribution in [3.05, 3.63) is 87.3 Å². The number of halogens is 11. The third-order valence-electron chi connectivity index (χ3n) is 9.78. The second-order valence-corrected chi connectivity index (χ2v) is 18.1. The fourth-order valence-corrected chi connectivity index (χ4v) is 8.00. The van der Waals surface area contributed by atoms with Crippen LogP contribution in [0.1, 0.15) is 57.6 Å². The zero-order valence-corrected chi connectivity index (χ0v) is 38.4. The molecule has 5 rings (SSSR count). The maximum atomic E-state index is 15.2. The summed E-state index contributed by atoms with van der Waals surface area (Å²) in [5.74, 6) is -5.12. The Morgan fingerprint density at radius 3 is 2.25 bits per heavy atom. The molecule has 0 aliphatic heterocycles.